The van der Waals surface area contributed by atoms with Crippen molar-refractivity contribution in [3.8, 4) is 0 Å². The molecule has 21 heavy (non-hydrogen) atoms. The van der Waals surface area contributed by atoms with Crippen LogP contribution in [0.4, 0.5) is 0 Å². The summed E-state index contributed by atoms with van der Waals surface area (Å²) >= 11 is 1.29. The van der Waals surface area contributed by atoms with Crippen LogP contribution in [0.25, 0.3) is 0 Å². The van der Waals surface area contributed by atoms with Gasteiger partial charge in [0, 0.05) is 18.6 Å². The Labute approximate surface area is 133 Å². The lowest BCUT2D eigenvalue weighted by Gasteiger charge is -2.21. The molecule has 2 N–H and O–H groups in total. The van der Waals surface area contributed by atoms with Gasteiger partial charge in [0.2, 0.25) is 10.0 Å². The fourth-order valence-corrected chi connectivity index (χ4v) is 4.84. The molecule has 4 nitrogen and oxygen atoms in total. The van der Waals surface area contributed by atoms with Crippen molar-refractivity contribution in [2.45, 2.75) is 70.3 Å². The maximum atomic E-state index is 12.4. The Kier molecular flexibility index (Phi) is 7.33. The van der Waals surface area contributed by atoms with Crippen LogP contribution in [-0.2, 0) is 16.6 Å². The van der Waals surface area contributed by atoms with E-state index in [1.165, 1.54) is 11.3 Å². The zero-order valence-corrected chi connectivity index (χ0v) is 15.3. The van der Waals surface area contributed by atoms with Crippen LogP contribution in [0.2, 0.25) is 0 Å². The molecule has 0 aliphatic heterocycles. The second-order valence-electron chi connectivity index (χ2n) is 5.80. The fourth-order valence-electron chi connectivity index (χ4n) is 2.30. The molecule has 0 aromatic carbocycles. The Hall–Kier alpha value is -0.430. The van der Waals surface area contributed by atoms with E-state index in [9.17, 15) is 8.42 Å². The Morgan fingerprint density at radius 1 is 1.19 bits per heavy atom. The Morgan fingerprint density at radius 3 is 2.33 bits per heavy atom. The van der Waals surface area contributed by atoms with E-state index in [0.29, 0.717) is 22.7 Å². The molecule has 1 unspecified atom stereocenters. The summed E-state index contributed by atoms with van der Waals surface area (Å²) in [5, 5.41) is 5.20. The molecule has 1 aromatic heterocycles. The van der Waals surface area contributed by atoms with Crippen LogP contribution >= 0.6 is 11.3 Å². The highest BCUT2D eigenvalue weighted by Crippen LogP contribution is 2.22. The van der Waals surface area contributed by atoms with Crippen molar-refractivity contribution < 1.29 is 8.42 Å². The van der Waals surface area contributed by atoms with Gasteiger partial charge in [0.25, 0.3) is 0 Å². The normalized spacial score (nSPS) is 14.0. The van der Waals surface area contributed by atoms with Gasteiger partial charge in [-0.25, -0.2) is 13.1 Å². The van der Waals surface area contributed by atoms with Crippen LogP contribution in [0, 0.1) is 5.92 Å². The van der Waals surface area contributed by atoms with Crippen molar-refractivity contribution in [3.05, 3.63) is 17.0 Å². The Balaban J connectivity index is 2.74. The van der Waals surface area contributed by atoms with Gasteiger partial charge in [-0.1, -0.05) is 40.5 Å². The quantitative estimate of drug-likeness (QED) is 0.729. The van der Waals surface area contributed by atoms with Gasteiger partial charge in [-0.2, -0.15) is 0 Å². The predicted octanol–water partition coefficient (Wildman–Crippen LogP) is 3.35. The maximum Gasteiger partial charge on any atom is 0.250 e. The Morgan fingerprint density at radius 2 is 1.81 bits per heavy atom. The third-order valence-electron chi connectivity index (χ3n) is 3.71. The van der Waals surface area contributed by atoms with E-state index in [1.807, 2.05) is 12.3 Å². The van der Waals surface area contributed by atoms with Crippen LogP contribution in [0.3, 0.4) is 0 Å². The maximum absolute atomic E-state index is 12.4. The van der Waals surface area contributed by atoms with Gasteiger partial charge in [0.1, 0.15) is 4.21 Å². The van der Waals surface area contributed by atoms with Crippen molar-refractivity contribution in [1.29, 1.82) is 0 Å². The minimum atomic E-state index is -3.40. The molecule has 6 heteroatoms. The number of rotatable bonds is 9. The number of hydrogen-bond acceptors (Lipinski definition) is 4. The topological polar surface area (TPSA) is 58.2 Å². The number of sulfonamides is 1. The summed E-state index contributed by atoms with van der Waals surface area (Å²) in [7, 11) is -3.40. The summed E-state index contributed by atoms with van der Waals surface area (Å²) in [6.07, 6.45) is 1.96. The first-order chi connectivity index (χ1) is 9.80. The van der Waals surface area contributed by atoms with Gasteiger partial charge in [0.05, 0.1) is 0 Å². The molecule has 0 radical (unpaired) electrons. The first-order valence-electron chi connectivity index (χ1n) is 7.63. The molecule has 0 spiro atoms. The lowest BCUT2D eigenvalue weighted by Crippen LogP contribution is -2.37. The zero-order valence-electron chi connectivity index (χ0n) is 13.6. The monoisotopic (exact) mass is 332 g/mol. The highest BCUT2D eigenvalue weighted by molar-refractivity contribution is 7.91. The highest BCUT2D eigenvalue weighted by Gasteiger charge is 2.23. The van der Waals surface area contributed by atoms with Crippen molar-refractivity contribution in [3.63, 3.8) is 0 Å². The molecular weight excluding hydrogens is 304 g/mol. The van der Waals surface area contributed by atoms with Gasteiger partial charge < -0.3 is 5.32 Å². The molecule has 0 saturated carbocycles. The van der Waals surface area contributed by atoms with E-state index in [-0.39, 0.29) is 6.04 Å². The Bertz CT molecular complexity index is 520. The molecule has 1 atom stereocenters. The number of nitrogens with one attached hydrogen (secondary N) is 2. The summed E-state index contributed by atoms with van der Waals surface area (Å²) in [5.41, 5.74) is 1.02. The summed E-state index contributed by atoms with van der Waals surface area (Å²) in [6.45, 7) is 11.0. The van der Waals surface area contributed by atoms with Crippen molar-refractivity contribution in [2.75, 3.05) is 0 Å². The van der Waals surface area contributed by atoms with Gasteiger partial charge in [-0.3, -0.25) is 0 Å². The average Bonchev–Trinajstić information content (AvgIpc) is 2.86. The van der Waals surface area contributed by atoms with E-state index < -0.39 is 10.0 Å². The minimum absolute atomic E-state index is 0.0376. The van der Waals surface area contributed by atoms with Crippen LogP contribution in [-0.4, -0.2) is 20.5 Å². The van der Waals surface area contributed by atoms with E-state index >= 15 is 0 Å². The molecule has 1 heterocycles. The minimum Gasteiger partial charge on any atom is -0.310 e. The van der Waals surface area contributed by atoms with Crippen LogP contribution in [0.1, 0.15) is 53.0 Å². The fraction of sp³-hybridized carbons (Fsp3) is 0.733. The average molecular weight is 333 g/mol. The molecule has 0 saturated heterocycles. The SMILES string of the molecule is CCC(CC)C(C)NS(=O)(=O)c1cc(CNC(C)C)cs1. The lowest BCUT2D eigenvalue weighted by atomic mass is 9.96. The lowest BCUT2D eigenvalue weighted by molar-refractivity contribution is 0.391. The summed E-state index contributed by atoms with van der Waals surface area (Å²) in [4.78, 5) is 0. The highest BCUT2D eigenvalue weighted by atomic mass is 32.2. The second kappa shape index (κ2) is 8.27. The molecule has 1 aromatic rings. The molecule has 0 amide bonds. The molecule has 1 rings (SSSR count). The third-order valence-corrected chi connectivity index (χ3v) is 6.75. The number of thiophene rings is 1. The van der Waals surface area contributed by atoms with Crippen LogP contribution in [0.5, 0.6) is 0 Å². The molecular formula is C15H28N2O2S2. The van der Waals surface area contributed by atoms with Gasteiger partial charge >= 0.3 is 0 Å². The van der Waals surface area contributed by atoms with Crippen molar-refractivity contribution in [1.82, 2.24) is 10.0 Å². The van der Waals surface area contributed by atoms with Gasteiger partial charge in [-0.15, -0.1) is 11.3 Å². The molecule has 122 valence electrons. The van der Waals surface area contributed by atoms with Crippen LogP contribution < -0.4 is 10.0 Å². The van der Waals surface area contributed by atoms with Gasteiger partial charge in [0.15, 0.2) is 0 Å². The third kappa shape index (κ3) is 5.70. The first kappa shape index (κ1) is 18.6. The van der Waals surface area contributed by atoms with E-state index in [4.69, 9.17) is 0 Å². The molecule has 0 aliphatic rings. The van der Waals surface area contributed by atoms with Crippen LogP contribution in [0.15, 0.2) is 15.7 Å². The first-order valence-corrected chi connectivity index (χ1v) is 9.99. The van der Waals surface area contributed by atoms with Crippen molar-refractivity contribution in [2.24, 2.45) is 5.92 Å². The van der Waals surface area contributed by atoms with Crippen molar-refractivity contribution >= 4 is 21.4 Å². The predicted molar refractivity (Wildman–Crippen MR) is 90.2 cm³/mol. The standard InChI is InChI=1S/C15H28N2O2S2/c1-6-14(7-2)12(5)17-21(18,19)15-8-13(10-20-15)9-16-11(3)4/h8,10-12,14,16-17H,6-7,9H2,1-5H3. The molecule has 0 aliphatic carbocycles. The molecule has 0 fully saturated rings. The van der Waals surface area contributed by atoms with E-state index in [0.717, 1.165) is 18.4 Å². The summed E-state index contributed by atoms with van der Waals surface area (Å²) in [5.74, 6) is 0.377. The van der Waals surface area contributed by atoms with E-state index in [1.54, 1.807) is 6.07 Å². The van der Waals surface area contributed by atoms with Gasteiger partial charge in [-0.05, 0) is 29.9 Å². The summed E-state index contributed by atoms with van der Waals surface area (Å²) in [6, 6.07) is 2.12. The smallest absolute Gasteiger partial charge is 0.250 e. The summed E-state index contributed by atoms with van der Waals surface area (Å²) < 4.78 is 28.0. The molecule has 0 bridgehead atoms. The number of hydrogen-bond donors (Lipinski definition) is 2. The largest absolute Gasteiger partial charge is 0.310 e. The van der Waals surface area contributed by atoms with E-state index in [2.05, 4.69) is 37.7 Å². The zero-order chi connectivity index (χ0) is 16.0. The second-order valence-corrected chi connectivity index (χ2v) is 8.65.